The number of carbonyl (C=O) groups excluding carboxylic acids is 1. The lowest BCUT2D eigenvalue weighted by molar-refractivity contribution is -0.384. The highest BCUT2D eigenvalue weighted by Crippen LogP contribution is 2.38. The minimum atomic E-state index is -0.531. The number of halogens is 1. The molecule has 0 aromatic heterocycles. The number of ether oxygens (including phenoxy) is 2. The van der Waals surface area contributed by atoms with Gasteiger partial charge in [-0.3, -0.25) is 14.9 Å². The van der Waals surface area contributed by atoms with Crippen molar-refractivity contribution in [3.63, 3.8) is 0 Å². The zero-order chi connectivity index (χ0) is 25.4. The zero-order valence-corrected chi connectivity index (χ0v) is 20.7. The van der Waals surface area contributed by atoms with Gasteiger partial charge in [-0.1, -0.05) is 29.8 Å². The van der Waals surface area contributed by atoms with E-state index in [1.807, 2.05) is 32.0 Å². The number of anilines is 1. The van der Waals surface area contributed by atoms with Crippen LogP contribution in [0.1, 0.15) is 23.6 Å². The topological polar surface area (TPSA) is 114 Å². The van der Waals surface area contributed by atoms with Crippen molar-refractivity contribution in [2.45, 2.75) is 20.5 Å². The van der Waals surface area contributed by atoms with Crippen molar-refractivity contribution in [3.05, 3.63) is 97.5 Å². The van der Waals surface area contributed by atoms with Gasteiger partial charge in [-0.2, -0.15) is 5.26 Å². The molecule has 0 unspecified atom stereocenters. The molecule has 0 radical (unpaired) electrons. The molecule has 1 amide bonds. The number of nitro benzene ring substituents is 1. The maximum Gasteiger partial charge on any atom is 0.269 e. The summed E-state index contributed by atoms with van der Waals surface area (Å²) in [7, 11) is 0. The fourth-order valence-corrected chi connectivity index (χ4v) is 3.71. The van der Waals surface area contributed by atoms with Crippen molar-refractivity contribution in [1.82, 2.24) is 0 Å². The van der Waals surface area contributed by atoms with Gasteiger partial charge in [0.1, 0.15) is 18.2 Å². The Bertz CT molecular complexity index is 1310. The quantitative estimate of drug-likeness (QED) is 0.151. The van der Waals surface area contributed by atoms with Gasteiger partial charge in [0.05, 0.1) is 16.0 Å². The number of carbonyl (C=O) groups is 1. The van der Waals surface area contributed by atoms with E-state index in [1.54, 1.807) is 36.4 Å². The number of rotatable bonds is 9. The Labute approximate surface area is 211 Å². The van der Waals surface area contributed by atoms with E-state index < -0.39 is 10.8 Å². The van der Waals surface area contributed by atoms with Crippen LogP contribution in [0, 0.1) is 28.4 Å². The largest absolute Gasteiger partial charge is 0.490 e. The molecule has 1 N–H and O–H groups in total. The van der Waals surface area contributed by atoms with E-state index in [9.17, 15) is 20.2 Å². The summed E-state index contributed by atoms with van der Waals surface area (Å²) in [6.45, 7) is 4.19. The minimum absolute atomic E-state index is 0.0244. The fourth-order valence-electron chi connectivity index (χ4n) is 3.14. The van der Waals surface area contributed by atoms with Gasteiger partial charge in [0.25, 0.3) is 11.6 Å². The lowest BCUT2D eigenvalue weighted by Crippen LogP contribution is -2.13. The van der Waals surface area contributed by atoms with Gasteiger partial charge >= 0.3 is 0 Å². The average molecular weight is 536 g/mol. The first-order valence-electron chi connectivity index (χ1n) is 10.6. The molecule has 3 rings (SSSR count). The predicted molar refractivity (Wildman–Crippen MR) is 136 cm³/mol. The number of nitrogens with one attached hydrogen (secondary N) is 1. The van der Waals surface area contributed by atoms with Gasteiger partial charge in [-0.15, -0.1) is 0 Å². The molecule has 0 saturated heterocycles. The summed E-state index contributed by atoms with van der Waals surface area (Å²) in [4.78, 5) is 23.2. The maximum absolute atomic E-state index is 12.6. The van der Waals surface area contributed by atoms with Crippen LogP contribution < -0.4 is 14.8 Å². The molecule has 9 heteroatoms. The highest BCUT2D eigenvalue weighted by atomic mass is 79.9. The molecular weight excluding hydrogens is 514 g/mol. The molecular formula is C26H22BrN3O5. The second kappa shape index (κ2) is 11.8. The molecule has 8 nitrogen and oxygen atoms in total. The van der Waals surface area contributed by atoms with Gasteiger partial charge in [0.15, 0.2) is 11.5 Å². The van der Waals surface area contributed by atoms with Crippen LogP contribution in [-0.2, 0) is 11.4 Å². The summed E-state index contributed by atoms with van der Waals surface area (Å²) >= 11 is 3.46. The Morgan fingerprint density at radius 3 is 2.57 bits per heavy atom. The summed E-state index contributed by atoms with van der Waals surface area (Å²) in [5, 5.41) is 23.3. The van der Waals surface area contributed by atoms with E-state index in [0.29, 0.717) is 39.4 Å². The van der Waals surface area contributed by atoms with E-state index in [-0.39, 0.29) is 17.9 Å². The van der Waals surface area contributed by atoms with Gasteiger partial charge in [-0.25, -0.2) is 0 Å². The van der Waals surface area contributed by atoms with Crippen LogP contribution in [0.4, 0.5) is 11.4 Å². The molecule has 3 aromatic rings. The molecule has 0 aliphatic heterocycles. The highest BCUT2D eigenvalue weighted by molar-refractivity contribution is 9.10. The number of benzene rings is 3. The third kappa shape index (κ3) is 6.91. The summed E-state index contributed by atoms with van der Waals surface area (Å²) < 4.78 is 12.2. The Morgan fingerprint density at radius 1 is 1.17 bits per heavy atom. The lowest BCUT2D eigenvalue weighted by Gasteiger charge is -2.15. The number of non-ortho nitro benzene ring substituents is 1. The smallest absolute Gasteiger partial charge is 0.269 e. The molecule has 0 saturated carbocycles. The molecule has 0 heterocycles. The number of hydrogen-bond donors (Lipinski definition) is 1. The first-order chi connectivity index (χ1) is 16.8. The first kappa shape index (κ1) is 25.5. The monoisotopic (exact) mass is 535 g/mol. The van der Waals surface area contributed by atoms with Crippen LogP contribution in [0.2, 0.25) is 0 Å². The van der Waals surface area contributed by atoms with Crippen molar-refractivity contribution in [3.8, 4) is 17.6 Å². The first-order valence-corrected chi connectivity index (χ1v) is 11.4. The lowest BCUT2D eigenvalue weighted by atomic mass is 10.1. The normalized spacial score (nSPS) is 10.9. The Balaban J connectivity index is 1.84. The Kier molecular flexibility index (Phi) is 8.59. The second-order valence-corrected chi connectivity index (χ2v) is 8.32. The number of amides is 1. The number of nitro groups is 1. The number of nitrogens with zero attached hydrogens (tertiary/aromatic N) is 2. The third-order valence-corrected chi connectivity index (χ3v) is 5.41. The van der Waals surface area contributed by atoms with Gasteiger partial charge in [0, 0.05) is 17.8 Å². The van der Waals surface area contributed by atoms with Gasteiger partial charge in [-0.05, 0) is 71.2 Å². The molecule has 0 aliphatic rings. The van der Waals surface area contributed by atoms with E-state index in [0.717, 1.165) is 5.56 Å². The zero-order valence-electron chi connectivity index (χ0n) is 19.1. The highest BCUT2D eigenvalue weighted by Gasteiger charge is 2.15. The Morgan fingerprint density at radius 2 is 1.91 bits per heavy atom. The maximum atomic E-state index is 12.6. The van der Waals surface area contributed by atoms with Crippen molar-refractivity contribution in [1.29, 1.82) is 5.26 Å². The summed E-state index contributed by atoms with van der Waals surface area (Å²) in [5.41, 5.74) is 2.72. The summed E-state index contributed by atoms with van der Waals surface area (Å²) in [6, 6.07) is 18.7. The third-order valence-electron chi connectivity index (χ3n) is 4.82. The molecule has 35 heavy (non-hydrogen) atoms. The Hall–Kier alpha value is -4.16. The van der Waals surface area contributed by atoms with Crippen molar-refractivity contribution in [2.75, 3.05) is 11.9 Å². The van der Waals surface area contributed by atoms with E-state index in [4.69, 9.17) is 9.47 Å². The van der Waals surface area contributed by atoms with Crippen molar-refractivity contribution >= 4 is 39.3 Å². The van der Waals surface area contributed by atoms with Crippen LogP contribution in [0.5, 0.6) is 11.5 Å². The predicted octanol–water partition coefficient (Wildman–Crippen LogP) is 6.19. The number of aryl methyl sites for hydroxylation is 1. The molecule has 0 fully saturated rings. The standard InChI is InChI=1S/C26H22BrN3O5/c1-3-34-24-14-19(11-20(15-28)26(31)29-21-9-7-17(2)8-10-21)13-23(27)25(24)35-16-18-5-4-6-22(12-18)30(32)33/h4-14H,3,16H2,1-2H3,(H,29,31)/b20-11+. The number of hydrogen-bond acceptors (Lipinski definition) is 6. The van der Waals surface area contributed by atoms with E-state index in [2.05, 4.69) is 21.2 Å². The van der Waals surface area contributed by atoms with Crippen LogP contribution in [0.25, 0.3) is 6.08 Å². The van der Waals surface area contributed by atoms with Gasteiger partial charge < -0.3 is 14.8 Å². The fraction of sp³-hybridized carbons (Fsp3) is 0.154. The summed E-state index contributed by atoms with van der Waals surface area (Å²) in [5.74, 6) is 0.268. The molecule has 0 bridgehead atoms. The molecule has 0 aliphatic carbocycles. The summed E-state index contributed by atoms with van der Waals surface area (Å²) in [6.07, 6.45) is 1.46. The molecule has 178 valence electrons. The van der Waals surface area contributed by atoms with Crippen LogP contribution in [0.15, 0.2) is 70.7 Å². The number of nitriles is 1. The minimum Gasteiger partial charge on any atom is -0.490 e. The molecule has 0 spiro atoms. The average Bonchev–Trinajstić information content (AvgIpc) is 2.83. The second-order valence-electron chi connectivity index (χ2n) is 7.47. The SMILES string of the molecule is CCOc1cc(/C=C(\C#N)C(=O)Nc2ccc(C)cc2)cc(Br)c1OCc1cccc([N+](=O)[O-])c1. The molecule has 0 atom stereocenters. The van der Waals surface area contributed by atoms with Crippen LogP contribution in [0.3, 0.4) is 0 Å². The van der Waals surface area contributed by atoms with E-state index >= 15 is 0 Å². The van der Waals surface area contributed by atoms with E-state index in [1.165, 1.54) is 18.2 Å². The molecule has 3 aromatic carbocycles. The van der Waals surface area contributed by atoms with Crippen LogP contribution in [-0.4, -0.2) is 17.4 Å². The van der Waals surface area contributed by atoms with Gasteiger partial charge in [0.2, 0.25) is 0 Å². The van der Waals surface area contributed by atoms with Crippen molar-refractivity contribution in [2.24, 2.45) is 0 Å². The van der Waals surface area contributed by atoms with Crippen LogP contribution >= 0.6 is 15.9 Å². The van der Waals surface area contributed by atoms with Crippen molar-refractivity contribution < 1.29 is 19.2 Å².